The lowest BCUT2D eigenvalue weighted by Crippen LogP contribution is -2.25. The smallest absolute Gasteiger partial charge is 0.205 e. The van der Waals surface area contributed by atoms with Crippen LogP contribution in [0.25, 0.3) is 16.5 Å². The summed E-state index contributed by atoms with van der Waals surface area (Å²) in [4.78, 5) is 11.9. The SMILES string of the molecule is C[C@@]12CC[C@@](CCOc3ccc4c(c3)CCC4=O)(O1)c1c2c(O)n(-c2ccc(C#N)c3ccccc23)c1O. The van der Waals surface area contributed by atoms with E-state index in [9.17, 15) is 20.3 Å². The summed E-state index contributed by atoms with van der Waals surface area (Å²) in [6.07, 6.45) is 3.20. The number of carbonyl (C=O) groups excluding carboxylic acids is 1. The Morgan fingerprint density at radius 2 is 1.82 bits per heavy atom. The van der Waals surface area contributed by atoms with Gasteiger partial charge in [-0.05, 0) is 62.1 Å². The van der Waals surface area contributed by atoms with E-state index in [4.69, 9.17) is 9.47 Å². The zero-order valence-electron chi connectivity index (χ0n) is 21.0. The molecule has 4 aromatic rings. The number of ether oxygens (including phenoxy) is 2. The second kappa shape index (κ2) is 7.86. The van der Waals surface area contributed by atoms with Crippen molar-refractivity contribution in [2.45, 2.75) is 50.2 Å². The average Bonchev–Trinajstić information content (AvgIpc) is 3.62. The van der Waals surface area contributed by atoms with Crippen LogP contribution in [0, 0.1) is 11.3 Å². The quantitative estimate of drug-likeness (QED) is 0.357. The first-order valence-electron chi connectivity index (χ1n) is 12.9. The fraction of sp³-hybridized carbons (Fsp3) is 0.290. The maximum atomic E-state index is 11.9. The lowest BCUT2D eigenvalue weighted by molar-refractivity contribution is -0.0876. The van der Waals surface area contributed by atoms with Gasteiger partial charge in [-0.2, -0.15) is 5.26 Å². The van der Waals surface area contributed by atoms with Gasteiger partial charge in [0.05, 0.1) is 40.7 Å². The number of fused-ring (bicyclic) bond motifs is 7. The molecule has 7 rings (SSSR count). The fourth-order valence-corrected chi connectivity index (χ4v) is 6.77. The van der Waals surface area contributed by atoms with Crippen molar-refractivity contribution in [3.05, 3.63) is 82.4 Å². The third-order valence-corrected chi connectivity index (χ3v) is 8.57. The molecule has 2 bridgehead atoms. The van der Waals surface area contributed by atoms with Crippen molar-refractivity contribution in [2.75, 3.05) is 6.61 Å². The van der Waals surface area contributed by atoms with Crippen LogP contribution in [0.3, 0.4) is 0 Å². The number of aryl methyl sites for hydroxylation is 1. The summed E-state index contributed by atoms with van der Waals surface area (Å²) >= 11 is 0. The number of aromatic nitrogens is 1. The van der Waals surface area contributed by atoms with Crippen LogP contribution in [-0.2, 0) is 22.4 Å². The molecule has 7 nitrogen and oxygen atoms in total. The Hall–Kier alpha value is -4.28. The summed E-state index contributed by atoms with van der Waals surface area (Å²) in [5, 5.41) is 34.2. The van der Waals surface area contributed by atoms with E-state index in [-0.39, 0.29) is 17.5 Å². The molecule has 7 heteroatoms. The van der Waals surface area contributed by atoms with Crippen molar-refractivity contribution in [1.82, 2.24) is 4.57 Å². The molecule has 190 valence electrons. The first-order valence-corrected chi connectivity index (χ1v) is 12.9. The van der Waals surface area contributed by atoms with Gasteiger partial charge in [0.2, 0.25) is 11.8 Å². The maximum absolute atomic E-state index is 11.9. The predicted octanol–water partition coefficient (Wildman–Crippen LogP) is 5.75. The molecule has 0 amide bonds. The molecule has 3 heterocycles. The fourth-order valence-electron chi connectivity index (χ4n) is 6.77. The molecule has 0 unspecified atom stereocenters. The minimum absolute atomic E-state index is 0.0411. The highest BCUT2D eigenvalue weighted by molar-refractivity contribution is 6.00. The van der Waals surface area contributed by atoms with E-state index in [0.29, 0.717) is 60.4 Å². The standard InChI is InChI=1S/C31H26N2O5/c1-30-12-13-31(38-30,14-15-37-20-8-9-22-18(16-20)7-11-25(22)34)27-26(30)28(35)33(29(27)36)24-10-6-19(17-32)21-4-2-3-5-23(21)24/h2-6,8-10,16,35-36H,7,11-15H2,1H3/t30-,31-/m0/s1. The Labute approximate surface area is 219 Å². The molecule has 2 atom stereocenters. The van der Waals surface area contributed by atoms with Gasteiger partial charge in [0.25, 0.3) is 0 Å². The van der Waals surface area contributed by atoms with Crippen LogP contribution in [0.15, 0.2) is 54.6 Å². The van der Waals surface area contributed by atoms with Gasteiger partial charge >= 0.3 is 0 Å². The number of nitriles is 1. The van der Waals surface area contributed by atoms with Gasteiger partial charge in [-0.25, -0.2) is 0 Å². The third-order valence-electron chi connectivity index (χ3n) is 8.57. The van der Waals surface area contributed by atoms with Gasteiger partial charge in [-0.1, -0.05) is 24.3 Å². The number of carbonyl (C=O) groups is 1. The molecule has 1 saturated heterocycles. The first kappa shape index (κ1) is 22.9. The average molecular weight is 507 g/mol. The second-order valence-corrected chi connectivity index (χ2v) is 10.7. The largest absolute Gasteiger partial charge is 0.494 e. The summed E-state index contributed by atoms with van der Waals surface area (Å²) in [6, 6.07) is 18.8. The number of hydrogen-bond donors (Lipinski definition) is 2. The molecule has 38 heavy (non-hydrogen) atoms. The molecule has 1 aromatic heterocycles. The molecule has 3 aliphatic rings. The minimum Gasteiger partial charge on any atom is -0.494 e. The van der Waals surface area contributed by atoms with Crippen molar-refractivity contribution < 1.29 is 24.5 Å². The Bertz CT molecular complexity index is 1710. The van der Waals surface area contributed by atoms with Gasteiger partial charge in [-0.3, -0.25) is 9.36 Å². The lowest BCUT2D eigenvalue weighted by atomic mass is 9.78. The Morgan fingerprint density at radius 3 is 2.63 bits per heavy atom. The van der Waals surface area contributed by atoms with E-state index < -0.39 is 11.2 Å². The Kier molecular flexibility index (Phi) is 4.73. The molecule has 1 fully saturated rings. The number of benzene rings is 3. The molecule has 1 aliphatic carbocycles. The van der Waals surface area contributed by atoms with Crippen molar-refractivity contribution in [3.63, 3.8) is 0 Å². The molecule has 2 N–H and O–H groups in total. The molecule has 0 saturated carbocycles. The van der Waals surface area contributed by atoms with Crippen molar-refractivity contribution >= 4 is 16.6 Å². The van der Waals surface area contributed by atoms with Crippen LogP contribution < -0.4 is 4.74 Å². The van der Waals surface area contributed by atoms with Crippen molar-refractivity contribution in [1.29, 1.82) is 5.26 Å². The minimum atomic E-state index is -0.786. The van der Waals surface area contributed by atoms with E-state index in [0.717, 1.165) is 28.3 Å². The number of Topliss-reactive ketones (excluding diaryl/α,β-unsaturated/α-hetero) is 1. The van der Waals surface area contributed by atoms with Crippen LogP contribution >= 0.6 is 0 Å². The predicted molar refractivity (Wildman–Crippen MR) is 140 cm³/mol. The highest BCUT2D eigenvalue weighted by Crippen LogP contribution is 2.65. The summed E-state index contributed by atoms with van der Waals surface area (Å²) in [5.41, 5.74) is 2.65. The Balaban J connectivity index is 1.26. The van der Waals surface area contributed by atoms with E-state index >= 15 is 0 Å². The highest BCUT2D eigenvalue weighted by atomic mass is 16.5. The van der Waals surface area contributed by atoms with Crippen LogP contribution in [0.1, 0.15) is 65.2 Å². The van der Waals surface area contributed by atoms with Gasteiger partial charge in [0.1, 0.15) is 11.4 Å². The monoisotopic (exact) mass is 506 g/mol. The molecular formula is C31H26N2O5. The van der Waals surface area contributed by atoms with Gasteiger partial charge < -0.3 is 19.7 Å². The number of nitrogens with zero attached hydrogens (tertiary/aromatic N) is 2. The van der Waals surface area contributed by atoms with Crippen LogP contribution in [-0.4, -0.2) is 27.2 Å². The number of rotatable bonds is 5. The third kappa shape index (κ3) is 3.01. The highest BCUT2D eigenvalue weighted by Gasteiger charge is 2.61. The summed E-state index contributed by atoms with van der Waals surface area (Å²) in [7, 11) is 0. The Morgan fingerprint density at radius 1 is 1.03 bits per heavy atom. The molecule has 0 spiro atoms. The van der Waals surface area contributed by atoms with Gasteiger partial charge in [0, 0.05) is 29.2 Å². The summed E-state index contributed by atoms with van der Waals surface area (Å²) in [6.45, 7) is 2.31. The lowest BCUT2D eigenvalue weighted by Gasteiger charge is -2.26. The van der Waals surface area contributed by atoms with Crippen molar-refractivity contribution in [3.8, 4) is 29.3 Å². The number of aromatic hydroxyl groups is 2. The summed E-state index contributed by atoms with van der Waals surface area (Å²) in [5.74, 6) is 0.799. The molecular weight excluding hydrogens is 480 g/mol. The van der Waals surface area contributed by atoms with E-state index in [1.54, 1.807) is 12.1 Å². The van der Waals surface area contributed by atoms with Crippen LogP contribution in [0.2, 0.25) is 0 Å². The summed E-state index contributed by atoms with van der Waals surface area (Å²) < 4.78 is 14.1. The van der Waals surface area contributed by atoms with E-state index in [2.05, 4.69) is 6.07 Å². The zero-order valence-corrected chi connectivity index (χ0v) is 21.0. The maximum Gasteiger partial charge on any atom is 0.205 e. The van der Waals surface area contributed by atoms with E-state index in [1.807, 2.05) is 49.4 Å². The van der Waals surface area contributed by atoms with Crippen molar-refractivity contribution in [2.24, 2.45) is 0 Å². The number of ketones is 1. The topological polar surface area (TPSA) is 105 Å². The van der Waals surface area contributed by atoms with Gasteiger partial charge in [0.15, 0.2) is 5.78 Å². The molecule has 2 aliphatic heterocycles. The van der Waals surface area contributed by atoms with Crippen LogP contribution in [0.5, 0.6) is 17.5 Å². The molecule has 0 radical (unpaired) electrons. The number of hydrogen-bond acceptors (Lipinski definition) is 6. The zero-order chi connectivity index (χ0) is 26.2. The first-order chi connectivity index (χ1) is 18.3. The van der Waals surface area contributed by atoms with Gasteiger partial charge in [-0.15, -0.1) is 0 Å². The second-order valence-electron chi connectivity index (χ2n) is 10.7. The van der Waals surface area contributed by atoms with Crippen LogP contribution in [0.4, 0.5) is 0 Å². The normalized spacial score (nSPS) is 23.0. The molecule has 3 aromatic carbocycles. The van der Waals surface area contributed by atoms with E-state index in [1.165, 1.54) is 4.57 Å².